The smallest absolute Gasteiger partial charge is 0.326 e. The average molecular weight is 237 g/mol. The van der Waals surface area contributed by atoms with E-state index in [4.69, 9.17) is 5.11 Å². The van der Waals surface area contributed by atoms with Crippen LogP contribution in [0.4, 0.5) is 0 Å². The molecule has 94 valence electrons. The van der Waals surface area contributed by atoms with Crippen molar-refractivity contribution in [2.45, 2.75) is 44.6 Å². The molecule has 2 rings (SSSR count). The molecule has 1 N–H and O–H groups in total. The highest BCUT2D eigenvalue weighted by atomic mass is 16.4. The third-order valence-electron chi connectivity index (χ3n) is 3.69. The highest BCUT2D eigenvalue weighted by molar-refractivity contribution is 5.85. The largest absolute Gasteiger partial charge is 0.480 e. The second-order valence-corrected chi connectivity index (χ2v) is 4.86. The first kappa shape index (κ1) is 12.1. The Hall–Kier alpha value is -1.32. The number of piperidine rings is 1. The number of hydrogen-bond donors (Lipinski definition) is 1. The molecular formula is C13H19NO3. The predicted molar refractivity (Wildman–Crippen MR) is 63.5 cm³/mol. The van der Waals surface area contributed by atoms with E-state index in [9.17, 15) is 9.59 Å². The second kappa shape index (κ2) is 5.34. The van der Waals surface area contributed by atoms with Gasteiger partial charge in [0.2, 0.25) is 5.91 Å². The minimum Gasteiger partial charge on any atom is -0.480 e. The Morgan fingerprint density at radius 2 is 2.00 bits per heavy atom. The van der Waals surface area contributed by atoms with Gasteiger partial charge in [-0.3, -0.25) is 4.79 Å². The van der Waals surface area contributed by atoms with Crippen molar-refractivity contribution in [2.75, 3.05) is 6.54 Å². The van der Waals surface area contributed by atoms with Crippen LogP contribution in [0.15, 0.2) is 12.2 Å². The molecule has 17 heavy (non-hydrogen) atoms. The average Bonchev–Trinajstić information content (AvgIpc) is 2.39. The number of aliphatic carboxylic acids is 1. The zero-order valence-corrected chi connectivity index (χ0v) is 9.97. The SMILES string of the molecule is O=C(O)[C@@H]1CCCCN1C(=O)[C@@H]1CC=CCC1. The maximum Gasteiger partial charge on any atom is 0.326 e. The van der Waals surface area contributed by atoms with Crippen LogP contribution < -0.4 is 0 Å². The number of hydrogen-bond acceptors (Lipinski definition) is 2. The Morgan fingerprint density at radius 1 is 1.18 bits per heavy atom. The Kier molecular flexibility index (Phi) is 3.82. The molecule has 0 aromatic rings. The Labute approximate surface area is 101 Å². The fraction of sp³-hybridized carbons (Fsp3) is 0.692. The summed E-state index contributed by atoms with van der Waals surface area (Å²) in [5.41, 5.74) is 0. The number of nitrogens with zero attached hydrogens (tertiary/aromatic N) is 1. The fourth-order valence-electron chi connectivity index (χ4n) is 2.70. The molecule has 1 fully saturated rings. The summed E-state index contributed by atoms with van der Waals surface area (Å²) in [5.74, 6) is -0.814. The summed E-state index contributed by atoms with van der Waals surface area (Å²) in [6, 6.07) is -0.595. The van der Waals surface area contributed by atoms with Gasteiger partial charge in [0.15, 0.2) is 0 Å². The summed E-state index contributed by atoms with van der Waals surface area (Å²) in [6.45, 7) is 0.607. The van der Waals surface area contributed by atoms with Crippen LogP contribution in [0.3, 0.4) is 0 Å². The van der Waals surface area contributed by atoms with Crippen molar-refractivity contribution >= 4 is 11.9 Å². The molecule has 0 bridgehead atoms. The lowest BCUT2D eigenvalue weighted by Gasteiger charge is -2.35. The lowest BCUT2D eigenvalue weighted by Crippen LogP contribution is -2.50. The number of rotatable bonds is 2. The minimum atomic E-state index is -0.857. The molecule has 0 unspecified atom stereocenters. The van der Waals surface area contributed by atoms with Crippen LogP contribution in [0.1, 0.15) is 38.5 Å². The van der Waals surface area contributed by atoms with Crippen molar-refractivity contribution in [3.8, 4) is 0 Å². The van der Waals surface area contributed by atoms with Crippen LogP contribution >= 0.6 is 0 Å². The standard InChI is InChI=1S/C13H19NO3/c15-12(10-6-2-1-3-7-10)14-9-5-4-8-11(14)13(16)17/h1-2,10-11H,3-9H2,(H,16,17)/t10-,11+/m1/s1. The van der Waals surface area contributed by atoms with Crippen LogP contribution in [0.5, 0.6) is 0 Å². The number of carboxylic acid groups (broad SMARTS) is 1. The van der Waals surface area contributed by atoms with Crippen LogP contribution in [0.2, 0.25) is 0 Å². The van der Waals surface area contributed by atoms with Gasteiger partial charge in [0.05, 0.1) is 0 Å². The van der Waals surface area contributed by atoms with Crippen molar-refractivity contribution in [2.24, 2.45) is 5.92 Å². The number of carbonyl (C=O) groups is 2. The van der Waals surface area contributed by atoms with Crippen molar-refractivity contribution in [1.29, 1.82) is 0 Å². The Morgan fingerprint density at radius 3 is 2.65 bits per heavy atom. The molecule has 1 saturated heterocycles. The highest BCUT2D eigenvalue weighted by Crippen LogP contribution is 2.25. The van der Waals surface area contributed by atoms with Gasteiger partial charge in [-0.25, -0.2) is 4.79 Å². The summed E-state index contributed by atoms with van der Waals surface area (Å²) < 4.78 is 0. The summed E-state index contributed by atoms with van der Waals surface area (Å²) in [6.07, 6.45) is 9.12. The van der Waals surface area contributed by atoms with E-state index in [1.54, 1.807) is 4.90 Å². The van der Waals surface area contributed by atoms with Crippen molar-refractivity contribution < 1.29 is 14.7 Å². The number of carboxylic acids is 1. The number of amides is 1. The molecule has 0 aromatic carbocycles. The third kappa shape index (κ3) is 2.68. The van der Waals surface area contributed by atoms with Crippen molar-refractivity contribution in [3.63, 3.8) is 0 Å². The van der Waals surface area contributed by atoms with Crippen molar-refractivity contribution in [1.82, 2.24) is 4.90 Å². The quantitative estimate of drug-likeness (QED) is 0.745. The van der Waals surface area contributed by atoms with E-state index in [2.05, 4.69) is 6.08 Å². The minimum absolute atomic E-state index is 0.0000463. The Balaban J connectivity index is 2.05. The van der Waals surface area contributed by atoms with E-state index in [1.807, 2.05) is 6.08 Å². The molecule has 1 aliphatic heterocycles. The van der Waals surface area contributed by atoms with Crippen LogP contribution in [0.25, 0.3) is 0 Å². The monoisotopic (exact) mass is 237 g/mol. The first-order chi connectivity index (χ1) is 8.20. The Bertz CT molecular complexity index is 338. The molecule has 2 atom stereocenters. The van der Waals surface area contributed by atoms with Gasteiger partial charge in [-0.2, -0.15) is 0 Å². The van der Waals surface area contributed by atoms with Gasteiger partial charge in [-0.05, 0) is 38.5 Å². The molecular weight excluding hydrogens is 218 g/mol. The topological polar surface area (TPSA) is 57.6 Å². The molecule has 0 radical (unpaired) electrons. The van der Waals surface area contributed by atoms with Gasteiger partial charge >= 0.3 is 5.97 Å². The molecule has 0 spiro atoms. The molecule has 1 aliphatic carbocycles. The first-order valence-corrected chi connectivity index (χ1v) is 6.38. The zero-order valence-electron chi connectivity index (χ0n) is 9.97. The lowest BCUT2D eigenvalue weighted by molar-refractivity contribution is -0.154. The highest BCUT2D eigenvalue weighted by Gasteiger charge is 2.34. The van der Waals surface area contributed by atoms with Gasteiger partial charge in [0.25, 0.3) is 0 Å². The predicted octanol–water partition coefficient (Wildman–Crippen LogP) is 1.81. The second-order valence-electron chi connectivity index (χ2n) is 4.86. The van der Waals surface area contributed by atoms with Crippen molar-refractivity contribution in [3.05, 3.63) is 12.2 Å². The van der Waals surface area contributed by atoms with E-state index in [0.717, 1.165) is 32.1 Å². The molecule has 4 nitrogen and oxygen atoms in total. The molecule has 0 aromatic heterocycles. The number of likely N-dealkylation sites (tertiary alicyclic amines) is 1. The van der Waals surface area contributed by atoms with E-state index in [0.29, 0.717) is 13.0 Å². The number of carbonyl (C=O) groups excluding carboxylic acids is 1. The summed E-state index contributed by atoms with van der Waals surface area (Å²) in [5, 5.41) is 9.15. The normalized spacial score (nSPS) is 29.1. The van der Waals surface area contributed by atoms with E-state index < -0.39 is 12.0 Å². The van der Waals surface area contributed by atoms with Crippen LogP contribution in [-0.2, 0) is 9.59 Å². The molecule has 1 heterocycles. The lowest BCUT2D eigenvalue weighted by atomic mass is 9.91. The van der Waals surface area contributed by atoms with E-state index >= 15 is 0 Å². The summed E-state index contributed by atoms with van der Waals surface area (Å²) in [7, 11) is 0. The van der Waals surface area contributed by atoms with Gasteiger partial charge in [-0.1, -0.05) is 12.2 Å². The van der Waals surface area contributed by atoms with Gasteiger partial charge in [-0.15, -0.1) is 0 Å². The fourth-order valence-corrected chi connectivity index (χ4v) is 2.70. The summed E-state index contributed by atoms with van der Waals surface area (Å²) in [4.78, 5) is 25.0. The van der Waals surface area contributed by atoms with Crippen LogP contribution in [-0.4, -0.2) is 34.5 Å². The molecule has 0 saturated carbocycles. The molecule has 4 heteroatoms. The maximum absolute atomic E-state index is 12.3. The summed E-state index contributed by atoms with van der Waals surface area (Å²) >= 11 is 0. The zero-order chi connectivity index (χ0) is 12.3. The van der Waals surface area contributed by atoms with E-state index in [-0.39, 0.29) is 11.8 Å². The first-order valence-electron chi connectivity index (χ1n) is 6.38. The molecule has 1 amide bonds. The van der Waals surface area contributed by atoms with Gasteiger partial charge in [0, 0.05) is 12.5 Å². The van der Waals surface area contributed by atoms with E-state index in [1.165, 1.54) is 0 Å². The van der Waals surface area contributed by atoms with Crippen LogP contribution in [0, 0.1) is 5.92 Å². The van der Waals surface area contributed by atoms with Gasteiger partial charge in [0.1, 0.15) is 6.04 Å². The van der Waals surface area contributed by atoms with Gasteiger partial charge < -0.3 is 10.0 Å². The maximum atomic E-state index is 12.3. The third-order valence-corrected chi connectivity index (χ3v) is 3.69. The molecule has 2 aliphatic rings. The number of allylic oxidation sites excluding steroid dienone is 2.